The van der Waals surface area contributed by atoms with Crippen LogP contribution < -0.4 is 20.7 Å². The second kappa shape index (κ2) is 31.1. The molecular weight excluding hydrogens is 1080 g/mol. The molecule has 0 bridgehead atoms. The van der Waals surface area contributed by atoms with E-state index in [2.05, 4.69) is 16.0 Å². The van der Waals surface area contributed by atoms with E-state index in [9.17, 15) is 43.2 Å². The highest BCUT2D eigenvalue weighted by atomic mass is 33.1. The van der Waals surface area contributed by atoms with Crippen LogP contribution in [0.15, 0.2) is 24.3 Å². The van der Waals surface area contributed by atoms with Gasteiger partial charge in [-0.15, -0.1) is 0 Å². The standard InChI is InChI=1S/C58H89N7O14S2/c1-16-34(8)47-45(81-80-15)30-46(67)79-50(33(6)7)49(68)35(9)51(69)59-40(27-31(2)3)55(73)65-26-18-20-42(65)57(75)63(13)44(29-38-21-23-39(77-14)24-22-38)58(76)78-37(11)48(53(71)60-47)61-52(70)43(28-32(4)5)62(12)56(74)41-19-17-25-64(41)54(72)36(10)66/h21-24,31-35,37,40-45,47-48,50H,16-20,25-30H2,1-15H3,(H,59,69)(H,60,71)(H,61,70)/t34-,35-,37+,40-,41-,42-,43+,44-,45-,47-,48-,50-/m0/s1. The van der Waals surface area contributed by atoms with E-state index >= 15 is 9.59 Å². The third kappa shape index (κ3) is 17.9. The van der Waals surface area contributed by atoms with E-state index in [0.717, 1.165) is 6.92 Å². The Hall–Kier alpha value is -5.71. The zero-order valence-electron chi connectivity index (χ0n) is 50.1. The first-order chi connectivity index (χ1) is 38.1. The number of likely N-dealkylation sites (tertiary alicyclic amines) is 1. The molecule has 3 aliphatic rings. The van der Waals surface area contributed by atoms with Crippen molar-refractivity contribution >= 4 is 86.4 Å². The van der Waals surface area contributed by atoms with E-state index in [0.29, 0.717) is 30.6 Å². The lowest BCUT2D eigenvalue weighted by Crippen LogP contribution is -2.62. The largest absolute Gasteiger partial charge is 0.497 e. The highest BCUT2D eigenvalue weighted by molar-refractivity contribution is 8.76. The number of benzene rings is 1. The number of esters is 2. The number of likely N-dealkylation sites (N-methyl/N-ethyl adjacent to an activating group) is 2. The smallest absolute Gasteiger partial charge is 0.329 e. The highest BCUT2D eigenvalue weighted by Gasteiger charge is 2.46. The summed E-state index contributed by atoms with van der Waals surface area (Å²) in [6.07, 6.45) is 0.590. The van der Waals surface area contributed by atoms with E-state index in [-0.39, 0.29) is 69.4 Å². The SMILES string of the molecule is CC[C@H](C)[C@@H]1NC(=O)[C@@H](NC(=O)[C@@H](CC(C)C)N(C)C(=O)[C@@H]2CCCN2C(=O)C(C)=O)[C@@H](C)OC(=O)[C@H](Cc2ccc(OC)cc2)N(C)C(=O)[C@@H]2CCCN2C(=O)[C@H](CC(C)C)NC(=O)[C@@H](C)C(=O)[C@H](C(C)C)OC(=O)C[C@@H]1SSC. The maximum absolute atomic E-state index is 15.3. The molecule has 23 heteroatoms. The first-order valence-electron chi connectivity index (χ1n) is 28.4. The Kier molecular flexibility index (Phi) is 26.0. The fourth-order valence-electron chi connectivity index (χ4n) is 10.7. The van der Waals surface area contributed by atoms with Gasteiger partial charge >= 0.3 is 11.9 Å². The summed E-state index contributed by atoms with van der Waals surface area (Å²) < 4.78 is 17.6. The number of rotatable bonds is 17. The fraction of sp³-hybridized carbons (Fsp3) is 0.707. The monoisotopic (exact) mass is 1170 g/mol. The van der Waals surface area contributed by atoms with Crippen LogP contribution in [0.3, 0.4) is 0 Å². The molecule has 0 unspecified atom stereocenters. The number of fused-ring (bicyclic) bond motifs is 1. The summed E-state index contributed by atoms with van der Waals surface area (Å²) in [5, 5.41) is 7.97. The van der Waals surface area contributed by atoms with Gasteiger partial charge in [0.15, 0.2) is 11.9 Å². The normalized spacial score (nSPS) is 26.8. The number of hydrogen-bond donors (Lipinski definition) is 3. The molecular formula is C58H89N7O14S2. The molecule has 1 aromatic carbocycles. The van der Waals surface area contributed by atoms with Gasteiger partial charge in [-0.25, -0.2) is 4.79 Å². The lowest BCUT2D eigenvalue weighted by Gasteiger charge is -2.37. The number of methoxy groups -OCH3 is 1. The number of nitrogens with one attached hydrogen (secondary N) is 3. The highest BCUT2D eigenvalue weighted by Crippen LogP contribution is 2.34. The molecule has 0 saturated carbocycles. The fourth-order valence-corrected chi connectivity index (χ4v) is 12.9. The molecule has 0 aliphatic carbocycles. The van der Waals surface area contributed by atoms with E-state index in [4.69, 9.17) is 14.2 Å². The summed E-state index contributed by atoms with van der Waals surface area (Å²) in [5.74, 6) is -10.2. The number of ketones is 2. The lowest BCUT2D eigenvalue weighted by atomic mass is 9.92. The summed E-state index contributed by atoms with van der Waals surface area (Å²) in [4.78, 5) is 162. The molecule has 4 rings (SSSR count). The van der Waals surface area contributed by atoms with E-state index in [1.807, 2.05) is 41.5 Å². The average molecular weight is 1170 g/mol. The van der Waals surface area contributed by atoms with Gasteiger partial charge in [-0.1, -0.05) is 95.5 Å². The minimum Gasteiger partial charge on any atom is -0.497 e. The molecule has 3 saturated heterocycles. The van der Waals surface area contributed by atoms with Crippen molar-refractivity contribution in [2.24, 2.45) is 29.6 Å². The van der Waals surface area contributed by atoms with Gasteiger partial charge in [0.25, 0.3) is 5.91 Å². The molecule has 12 atom stereocenters. The van der Waals surface area contributed by atoms with Crippen LogP contribution in [0.5, 0.6) is 5.75 Å². The predicted octanol–water partition coefficient (Wildman–Crippen LogP) is 4.54. The van der Waals surface area contributed by atoms with Gasteiger partial charge in [0, 0.05) is 51.8 Å². The van der Waals surface area contributed by atoms with Gasteiger partial charge in [0.2, 0.25) is 41.2 Å². The number of Topliss-reactive ketones (excluding diaryl/α,β-unsaturated/α-hetero) is 2. The van der Waals surface area contributed by atoms with Crippen LogP contribution in [-0.2, 0) is 68.6 Å². The van der Waals surface area contributed by atoms with Crippen molar-refractivity contribution in [3.8, 4) is 5.75 Å². The van der Waals surface area contributed by atoms with Gasteiger partial charge in [0.05, 0.1) is 19.4 Å². The number of ether oxygens (including phenoxy) is 3. The number of cyclic esters (lactones) is 2. The van der Waals surface area contributed by atoms with E-state index < -0.39 is 136 Å². The van der Waals surface area contributed by atoms with Crippen LogP contribution in [-0.4, -0.2) is 185 Å². The molecule has 3 heterocycles. The van der Waals surface area contributed by atoms with Crippen LogP contribution in [0.1, 0.15) is 133 Å². The predicted molar refractivity (Wildman–Crippen MR) is 308 cm³/mol. The molecule has 0 radical (unpaired) electrons. The zero-order valence-corrected chi connectivity index (χ0v) is 51.7. The Morgan fingerprint density at radius 1 is 0.864 bits per heavy atom. The first-order valence-corrected chi connectivity index (χ1v) is 31.0. The van der Waals surface area contributed by atoms with Gasteiger partial charge in [-0.2, -0.15) is 0 Å². The number of carbonyl (C=O) groups excluding carboxylic acids is 11. The van der Waals surface area contributed by atoms with E-state index in [1.54, 1.807) is 44.4 Å². The maximum Gasteiger partial charge on any atom is 0.329 e. The van der Waals surface area contributed by atoms with Crippen molar-refractivity contribution in [1.82, 2.24) is 35.6 Å². The zero-order chi connectivity index (χ0) is 60.7. The number of amides is 7. The quantitative estimate of drug-likeness (QED) is 0.0837. The Morgan fingerprint density at radius 3 is 2.07 bits per heavy atom. The minimum atomic E-state index is -1.68. The summed E-state index contributed by atoms with van der Waals surface area (Å²) in [6.45, 7) is 18.8. The Balaban J connectivity index is 1.93. The van der Waals surface area contributed by atoms with Crippen LogP contribution in [0.4, 0.5) is 0 Å². The third-order valence-electron chi connectivity index (χ3n) is 15.6. The van der Waals surface area contributed by atoms with Crippen LogP contribution in [0.2, 0.25) is 0 Å². The molecule has 3 aliphatic heterocycles. The maximum atomic E-state index is 15.3. The average Bonchev–Trinajstić information content (AvgIpc) is 4.17. The molecule has 0 spiro atoms. The van der Waals surface area contributed by atoms with Crippen molar-refractivity contribution in [2.75, 3.05) is 40.6 Å². The van der Waals surface area contributed by atoms with Crippen molar-refractivity contribution < 1.29 is 67.0 Å². The molecule has 7 amide bonds. The van der Waals surface area contributed by atoms with Crippen LogP contribution in [0.25, 0.3) is 0 Å². The Labute approximate surface area is 486 Å². The molecule has 3 N–H and O–H groups in total. The summed E-state index contributed by atoms with van der Waals surface area (Å²) in [6, 6.07) is -1.58. The molecule has 81 heavy (non-hydrogen) atoms. The van der Waals surface area contributed by atoms with E-state index in [1.165, 1.54) is 76.2 Å². The second-order valence-corrected chi connectivity index (χ2v) is 25.7. The van der Waals surface area contributed by atoms with Crippen molar-refractivity contribution in [1.29, 1.82) is 0 Å². The summed E-state index contributed by atoms with van der Waals surface area (Å²) in [7, 11) is 6.94. The van der Waals surface area contributed by atoms with Crippen molar-refractivity contribution in [3.05, 3.63) is 29.8 Å². The topological polar surface area (TPSA) is 265 Å². The molecule has 452 valence electrons. The van der Waals surface area contributed by atoms with Gasteiger partial charge < -0.3 is 49.8 Å². The number of hydrogen-bond acceptors (Lipinski definition) is 16. The Bertz CT molecular complexity index is 2420. The van der Waals surface area contributed by atoms with Gasteiger partial charge in [0.1, 0.15) is 48.1 Å². The molecule has 21 nitrogen and oxygen atoms in total. The Morgan fingerprint density at radius 2 is 1.51 bits per heavy atom. The van der Waals surface area contributed by atoms with Gasteiger partial charge in [-0.05, 0) is 100.0 Å². The van der Waals surface area contributed by atoms with Crippen LogP contribution in [0, 0.1) is 29.6 Å². The van der Waals surface area contributed by atoms with Crippen molar-refractivity contribution in [3.63, 3.8) is 0 Å². The second-order valence-electron chi connectivity index (χ2n) is 23.0. The van der Waals surface area contributed by atoms with Crippen LogP contribution >= 0.6 is 21.6 Å². The molecule has 0 aromatic heterocycles. The minimum absolute atomic E-state index is 0.0899. The van der Waals surface area contributed by atoms with Gasteiger partial charge in [-0.3, -0.25) is 47.9 Å². The molecule has 3 fully saturated rings. The number of carbonyl (C=O) groups is 11. The van der Waals surface area contributed by atoms with Crippen molar-refractivity contribution in [2.45, 2.75) is 194 Å². The first kappa shape index (κ1) is 67.8. The summed E-state index contributed by atoms with van der Waals surface area (Å²) >= 11 is 0. The molecule has 1 aromatic rings. The summed E-state index contributed by atoms with van der Waals surface area (Å²) in [5.41, 5.74) is 0.592. The lowest BCUT2D eigenvalue weighted by molar-refractivity contribution is -0.162. The number of nitrogens with zero attached hydrogens (tertiary/aromatic N) is 4. The third-order valence-corrected chi connectivity index (χ3v) is 17.8.